The van der Waals surface area contributed by atoms with Gasteiger partial charge in [0.25, 0.3) is 0 Å². The van der Waals surface area contributed by atoms with E-state index < -0.39 is 10.0 Å². The standard InChI is InChI=1S/C14H24N2O2S2/c1-3-9-15-10-12-5-6-13(19-12)20(17,18)16-11-14(2)7-4-8-14/h5-6,15-16H,3-4,7-11H2,1-2H3. The molecule has 1 heterocycles. The Balaban J connectivity index is 1.91. The Morgan fingerprint density at radius 1 is 1.35 bits per heavy atom. The van der Waals surface area contributed by atoms with Gasteiger partial charge in [-0.2, -0.15) is 0 Å². The van der Waals surface area contributed by atoms with Gasteiger partial charge in [0.2, 0.25) is 10.0 Å². The summed E-state index contributed by atoms with van der Waals surface area (Å²) in [7, 11) is -3.34. The molecule has 0 aromatic carbocycles. The Kier molecular flexibility index (Phi) is 5.23. The van der Waals surface area contributed by atoms with Crippen LogP contribution >= 0.6 is 11.3 Å². The molecule has 0 radical (unpaired) electrons. The zero-order valence-corrected chi connectivity index (χ0v) is 13.9. The summed E-state index contributed by atoms with van der Waals surface area (Å²) < 4.78 is 27.7. The van der Waals surface area contributed by atoms with Gasteiger partial charge in [-0.1, -0.05) is 20.3 Å². The van der Waals surface area contributed by atoms with Crippen LogP contribution in [0.5, 0.6) is 0 Å². The van der Waals surface area contributed by atoms with Crippen molar-refractivity contribution in [3.05, 3.63) is 17.0 Å². The van der Waals surface area contributed by atoms with Crippen molar-refractivity contribution in [3.63, 3.8) is 0 Å². The third-order valence-electron chi connectivity index (χ3n) is 3.88. The van der Waals surface area contributed by atoms with E-state index in [1.54, 1.807) is 6.07 Å². The molecule has 6 heteroatoms. The van der Waals surface area contributed by atoms with E-state index >= 15 is 0 Å². The first kappa shape index (κ1) is 15.9. The lowest BCUT2D eigenvalue weighted by Crippen LogP contribution is -2.39. The SMILES string of the molecule is CCCNCc1ccc(S(=O)(=O)NCC2(C)CCC2)s1. The largest absolute Gasteiger partial charge is 0.312 e. The van der Waals surface area contributed by atoms with Gasteiger partial charge < -0.3 is 5.32 Å². The van der Waals surface area contributed by atoms with Crippen LogP contribution in [0.3, 0.4) is 0 Å². The molecule has 0 aliphatic heterocycles. The van der Waals surface area contributed by atoms with Gasteiger partial charge in [0.1, 0.15) is 4.21 Å². The van der Waals surface area contributed by atoms with Crippen molar-refractivity contribution in [2.24, 2.45) is 5.41 Å². The molecule has 0 spiro atoms. The minimum absolute atomic E-state index is 0.163. The molecule has 2 rings (SSSR count). The summed E-state index contributed by atoms with van der Waals surface area (Å²) in [6.07, 6.45) is 4.53. The molecular formula is C14H24N2O2S2. The van der Waals surface area contributed by atoms with E-state index in [-0.39, 0.29) is 5.41 Å². The highest BCUT2D eigenvalue weighted by Gasteiger charge is 2.33. The molecule has 114 valence electrons. The van der Waals surface area contributed by atoms with Crippen molar-refractivity contribution >= 4 is 21.4 Å². The minimum atomic E-state index is -3.34. The first-order chi connectivity index (χ1) is 9.45. The Morgan fingerprint density at radius 2 is 2.10 bits per heavy atom. The highest BCUT2D eigenvalue weighted by molar-refractivity contribution is 7.91. The zero-order chi connectivity index (χ0) is 14.6. The van der Waals surface area contributed by atoms with Crippen LogP contribution < -0.4 is 10.0 Å². The Hall–Kier alpha value is -0.430. The summed E-state index contributed by atoms with van der Waals surface area (Å²) in [5, 5.41) is 3.29. The van der Waals surface area contributed by atoms with Crippen LogP contribution in [0.15, 0.2) is 16.3 Å². The number of sulfonamides is 1. The van der Waals surface area contributed by atoms with Crippen LogP contribution in [0.4, 0.5) is 0 Å². The van der Waals surface area contributed by atoms with Crippen LogP contribution in [0.1, 0.15) is 44.4 Å². The topological polar surface area (TPSA) is 58.2 Å². The summed E-state index contributed by atoms with van der Waals surface area (Å²) in [5.41, 5.74) is 0.163. The monoisotopic (exact) mass is 316 g/mol. The smallest absolute Gasteiger partial charge is 0.250 e. The van der Waals surface area contributed by atoms with E-state index in [1.807, 2.05) is 6.07 Å². The van der Waals surface area contributed by atoms with Crippen molar-refractivity contribution in [2.75, 3.05) is 13.1 Å². The Labute approximate surface area is 126 Å². The summed E-state index contributed by atoms with van der Waals surface area (Å²) in [6.45, 7) is 6.51. The fourth-order valence-corrected chi connectivity index (χ4v) is 4.85. The van der Waals surface area contributed by atoms with E-state index in [4.69, 9.17) is 0 Å². The predicted octanol–water partition coefficient (Wildman–Crippen LogP) is 2.72. The molecule has 0 unspecified atom stereocenters. The molecule has 20 heavy (non-hydrogen) atoms. The van der Waals surface area contributed by atoms with Crippen molar-refractivity contribution < 1.29 is 8.42 Å². The predicted molar refractivity (Wildman–Crippen MR) is 83.5 cm³/mol. The average Bonchev–Trinajstić information content (AvgIpc) is 2.84. The summed E-state index contributed by atoms with van der Waals surface area (Å²) >= 11 is 1.35. The van der Waals surface area contributed by atoms with Gasteiger partial charge in [0.05, 0.1) is 0 Å². The molecule has 1 aliphatic carbocycles. The summed E-state index contributed by atoms with van der Waals surface area (Å²) in [5.74, 6) is 0. The van der Waals surface area contributed by atoms with Gasteiger partial charge in [-0.15, -0.1) is 11.3 Å². The highest BCUT2D eigenvalue weighted by Crippen LogP contribution is 2.39. The molecule has 1 aromatic heterocycles. The molecule has 2 N–H and O–H groups in total. The van der Waals surface area contributed by atoms with E-state index in [2.05, 4.69) is 23.9 Å². The maximum Gasteiger partial charge on any atom is 0.250 e. The average molecular weight is 316 g/mol. The van der Waals surface area contributed by atoms with Crippen molar-refractivity contribution in [1.29, 1.82) is 0 Å². The van der Waals surface area contributed by atoms with Gasteiger partial charge in [-0.25, -0.2) is 13.1 Å². The molecule has 1 aromatic rings. The number of nitrogens with one attached hydrogen (secondary N) is 2. The summed E-state index contributed by atoms with van der Waals surface area (Å²) in [4.78, 5) is 1.06. The van der Waals surface area contributed by atoms with E-state index in [9.17, 15) is 8.42 Å². The molecule has 1 aliphatic rings. The number of rotatable bonds is 8. The van der Waals surface area contributed by atoms with Crippen LogP contribution in [0, 0.1) is 5.41 Å². The lowest BCUT2D eigenvalue weighted by Gasteiger charge is -2.38. The molecule has 0 atom stereocenters. The maximum atomic E-state index is 12.2. The molecular weight excluding hydrogens is 292 g/mol. The minimum Gasteiger partial charge on any atom is -0.312 e. The summed E-state index contributed by atoms with van der Waals surface area (Å²) in [6, 6.07) is 3.60. The fourth-order valence-electron chi connectivity index (χ4n) is 2.28. The van der Waals surface area contributed by atoms with Gasteiger partial charge in [0.15, 0.2) is 0 Å². The van der Waals surface area contributed by atoms with Gasteiger partial charge in [-0.05, 0) is 43.4 Å². The molecule has 0 saturated heterocycles. The van der Waals surface area contributed by atoms with Crippen LogP contribution in [-0.2, 0) is 16.6 Å². The quantitative estimate of drug-likeness (QED) is 0.725. The van der Waals surface area contributed by atoms with Crippen LogP contribution in [0.2, 0.25) is 0 Å². The first-order valence-corrected chi connectivity index (χ1v) is 9.54. The maximum absolute atomic E-state index is 12.2. The fraction of sp³-hybridized carbons (Fsp3) is 0.714. The number of hydrogen-bond acceptors (Lipinski definition) is 4. The Bertz CT molecular complexity index is 533. The lowest BCUT2D eigenvalue weighted by molar-refractivity contribution is 0.166. The molecule has 0 amide bonds. The van der Waals surface area contributed by atoms with Crippen molar-refractivity contribution in [2.45, 2.75) is 50.3 Å². The molecule has 4 nitrogen and oxygen atoms in total. The van der Waals surface area contributed by atoms with E-state index in [1.165, 1.54) is 17.8 Å². The van der Waals surface area contributed by atoms with Crippen LogP contribution in [-0.4, -0.2) is 21.5 Å². The third kappa shape index (κ3) is 4.04. The van der Waals surface area contributed by atoms with Crippen molar-refractivity contribution in [3.8, 4) is 0 Å². The second kappa shape index (κ2) is 6.56. The number of hydrogen-bond donors (Lipinski definition) is 2. The lowest BCUT2D eigenvalue weighted by atomic mass is 9.71. The first-order valence-electron chi connectivity index (χ1n) is 7.24. The zero-order valence-electron chi connectivity index (χ0n) is 12.2. The van der Waals surface area contributed by atoms with Gasteiger partial charge in [0, 0.05) is 18.0 Å². The van der Waals surface area contributed by atoms with E-state index in [0.29, 0.717) is 10.8 Å². The van der Waals surface area contributed by atoms with E-state index in [0.717, 1.165) is 37.2 Å². The van der Waals surface area contributed by atoms with Crippen LogP contribution in [0.25, 0.3) is 0 Å². The highest BCUT2D eigenvalue weighted by atomic mass is 32.2. The van der Waals surface area contributed by atoms with Crippen molar-refractivity contribution in [1.82, 2.24) is 10.0 Å². The second-order valence-electron chi connectivity index (χ2n) is 5.89. The third-order valence-corrected chi connectivity index (χ3v) is 6.86. The van der Waals surface area contributed by atoms with Gasteiger partial charge in [-0.3, -0.25) is 0 Å². The molecule has 1 fully saturated rings. The normalized spacial score (nSPS) is 17.9. The molecule has 0 bridgehead atoms. The molecule has 1 saturated carbocycles. The second-order valence-corrected chi connectivity index (χ2v) is 9.05. The Morgan fingerprint density at radius 3 is 2.70 bits per heavy atom. The number of thiophene rings is 1. The van der Waals surface area contributed by atoms with Gasteiger partial charge >= 0.3 is 0 Å².